The first-order valence-electron chi connectivity index (χ1n) is 7.09. The summed E-state index contributed by atoms with van der Waals surface area (Å²) in [4.78, 5) is 5.29. The molecule has 0 unspecified atom stereocenters. The minimum atomic E-state index is -3.47. The van der Waals surface area contributed by atoms with E-state index in [0.717, 1.165) is 42.0 Å². The van der Waals surface area contributed by atoms with Crippen molar-refractivity contribution in [3.8, 4) is 0 Å². The largest absolute Gasteiger partial charge is 1.00 e. The van der Waals surface area contributed by atoms with Gasteiger partial charge in [-0.15, -0.1) is 0 Å². The highest BCUT2D eigenvalue weighted by atomic mass is 35.5. The van der Waals surface area contributed by atoms with Gasteiger partial charge in [-0.05, 0) is 30.0 Å². The summed E-state index contributed by atoms with van der Waals surface area (Å²) >= 11 is 0. The van der Waals surface area contributed by atoms with Crippen molar-refractivity contribution in [3.05, 3.63) is 42.5 Å². The number of piperazine rings is 1. The summed E-state index contributed by atoms with van der Waals surface area (Å²) in [7, 11) is -1.42. The molecule has 1 aliphatic rings. The lowest BCUT2D eigenvalue weighted by Gasteiger charge is -2.28. The van der Waals surface area contributed by atoms with Gasteiger partial charge in [0.15, 0.2) is 0 Å². The first kappa shape index (κ1) is 17.2. The Balaban J connectivity index is 0.00000176. The number of hydrogen-bond acceptors (Lipinski definition) is 3. The predicted molar refractivity (Wildman–Crippen MR) is 82.5 cm³/mol. The molecule has 2 aromatic rings. The van der Waals surface area contributed by atoms with E-state index >= 15 is 0 Å². The molecule has 5 nitrogen and oxygen atoms in total. The highest BCUT2D eigenvalue weighted by Gasteiger charge is 2.24. The summed E-state index contributed by atoms with van der Waals surface area (Å²) in [5, 5.41) is 2.89. The fourth-order valence-corrected chi connectivity index (χ4v) is 3.81. The standard InChI is InChI=1S/C15H19N3O2S.ClH/c1-17-8-10-18(11-9-17)16-21(19,20)15-7-6-13-4-2-3-5-14(13)12-15;/h2-7,12,16H,8-11H2,1H3;1H. The summed E-state index contributed by atoms with van der Waals surface area (Å²) in [6.07, 6.45) is 0. The Labute approximate surface area is 137 Å². The van der Waals surface area contributed by atoms with Gasteiger partial charge in [0.05, 0.1) is 4.90 Å². The minimum absolute atomic E-state index is 0. The highest BCUT2D eigenvalue weighted by Crippen LogP contribution is 2.18. The van der Waals surface area contributed by atoms with Gasteiger partial charge in [-0.25, -0.2) is 13.4 Å². The zero-order chi connectivity index (χ0) is 14.9. The molecule has 2 aromatic carbocycles. The first-order chi connectivity index (χ1) is 10.0. The number of halogens is 1. The third kappa shape index (κ3) is 3.77. The van der Waals surface area contributed by atoms with Crippen LogP contribution >= 0.6 is 0 Å². The van der Waals surface area contributed by atoms with E-state index < -0.39 is 10.0 Å². The third-order valence-electron chi connectivity index (χ3n) is 3.90. The van der Waals surface area contributed by atoms with Crippen LogP contribution in [0.1, 0.15) is 0 Å². The van der Waals surface area contributed by atoms with E-state index in [0.29, 0.717) is 4.90 Å². The maximum atomic E-state index is 12.5. The first-order valence-corrected chi connectivity index (χ1v) is 8.58. The summed E-state index contributed by atoms with van der Waals surface area (Å²) in [5.41, 5.74) is 0. The van der Waals surface area contributed by atoms with Crippen molar-refractivity contribution in [2.45, 2.75) is 4.90 Å². The smallest absolute Gasteiger partial charge is 0.282 e. The Kier molecular flexibility index (Phi) is 5.41. The molecule has 22 heavy (non-hydrogen) atoms. The average molecular weight is 342 g/mol. The van der Waals surface area contributed by atoms with Crippen LogP contribution in [-0.2, 0) is 10.0 Å². The molecule has 0 amide bonds. The third-order valence-corrected chi connectivity index (χ3v) is 5.33. The number of quaternary nitrogens is 1. The average Bonchev–Trinajstić information content (AvgIpc) is 2.49. The lowest BCUT2D eigenvalue weighted by Crippen LogP contribution is -3.21. The molecule has 2 N–H and O–H groups in total. The van der Waals surface area contributed by atoms with Crippen molar-refractivity contribution in [2.24, 2.45) is 0 Å². The summed E-state index contributed by atoms with van der Waals surface area (Å²) < 4.78 is 25.0. The Morgan fingerprint density at radius 1 is 1.05 bits per heavy atom. The monoisotopic (exact) mass is 341 g/mol. The van der Waals surface area contributed by atoms with Crippen LogP contribution in [0.25, 0.3) is 10.8 Å². The van der Waals surface area contributed by atoms with E-state index in [-0.39, 0.29) is 12.4 Å². The molecule has 1 heterocycles. The molecular weight excluding hydrogens is 322 g/mol. The number of benzene rings is 2. The zero-order valence-corrected chi connectivity index (χ0v) is 14.0. The SMILES string of the molecule is CN1CC[NH+](NS(=O)(=O)c2ccc3ccccc3c2)CC1.[Cl-]. The fraction of sp³-hybridized carbons (Fsp3) is 0.333. The molecule has 3 rings (SSSR count). The zero-order valence-electron chi connectivity index (χ0n) is 12.4. The molecule has 0 aliphatic carbocycles. The number of hydrogen-bond donors (Lipinski definition) is 2. The summed E-state index contributed by atoms with van der Waals surface area (Å²) in [5.74, 6) is 0. The van der Waals surface area contributed by atoms with Gasteiger partial charge in [0.2, 0.25) is 0 Å². The topological polar surface area (TPSA) is 53.9 Å². The lowest BCUT2D eigenvalue weighted by atomic mass is 10.1. The maximum Gasteiger partial charge on any atom is 0.282 e. The fourth-order valence-electron chi connectivity index (χ4n) is 2.57. The molecule has 0 aromatic heterocycles. The summed E-state index contributed by atoms with van der Waals surface area (Å²) in [6, 6.07) is 13.0. The van der Waals surface area contributed by atoms with Crippen molar-refractivity contribution in [3.63, 3.8) is 0 Å². The van der Waals surface area contributed by atoms with Crippen molar-refractivity contribution in [1.29, 1.82) is 0 Å². The predicted octanol–water partition coefficient (Wildman–Crippen LogP) is -3.13. The second-order valence-electron chi connectivity index (χ2n) is 5.52. The number of likely N-dealkylation sites (N-methyl/N-ethyl adjacent to an activating group) is 1. The van der Waals surface area contributed by atoms with E-state index in [1.165, 1.54) is 0 Å². The summed E-state index contributed by atoms with van der Waals surface area (Å²) in [6.45, 7) is 3.36. The van der Waals surface area contributed by atoms with Gasteiger partial charge in [0.25, 0.3) is 10.0 Å². The van der Waals surface area contributed by atoms with Gasteiger partial charge in [-0.2, -0.15) is 0 Å². The second kappa shape index (κ2) is 6.93. The van der Waals surface area contributed by atoms with Crippen LogP contribution in [0.5, 0.6) is 0 Å². The Bertz CT molecular complexity index is 743. The van der Waals surface area contributed by atoms with Crippen LogP contribution in [0.3, 0.4) is 0 Å². The van der Waals surface area contributed by atoms with Crippen molar-refractivity contribution >= 4 is 20.8 Å². The van der Waals surface area contributed by atoms with E-state index in [1.807, 2.05) is 30.3 Å². The maximum absolute atomic E-state index is 12.5. The van der Waals surface area contributed by atoms with E-state index in [1.54, 1.807) is 12.1 Å². The number of sulfonamides is 1. The molecule has 7 heteroatoms. The van der Waals surface area contributed by atoms with E-state index in [4.69, 9.17) is 0 Å². The van der Waals surface area contributed by atoms with Crippen LogP contribution in [0, 0.1) is 0 Å². The molecule has 1 saturated heterocycles. The van der Waals surface area contributed by atoms with Crippen LogP contribution in [0.2, 0.25) is 0 Å². The molecular formula is C15H20ClN3O2S. The number of nitrogens with one attached hydrogen (secondary N) is 2. The van der Waals surface area contributed by atoms with E-state index in [2.05, 4.69) is 16.8 Å². The van der Waals surface area contributed by atoms with Crippen molar-refractivity contribution in [1.82, 2.24) is 9.73 Å². The van der Waals surface area contributed by atoms with Gasteiger partial charge >= 0.3 is 0 Å². The second-order valence-corrected chi connectivity index (χ2v) is 7.20. The van der Waals surface area contributed by atoms with Crippen molar-refractivity contribution < 1.29 is 25.8 Å². The number of nitrogens with zero attached hydrogens (tertiary/aromatic N) is 1. The van der Waals surface area contributed by atoms with Crippen LogP contribution in [0.15, 0.2) is 47.4 Å². The Morgan fingerprint density at radius 3 is 2.36 bits per heavy atom. The van der Waals surface area contributed by atoms with Gasteiger partial charge in [-0.1, -0.05) is 35.2 Å². The highest BCUT2D eigenvalue weighted by molar-refractivity contribution is 7.89. The van der Waals surface area contributed by atoms with Crippen LogP contribution < -0.4 is 22.2 Å². The molecule has 0 bridgehead atoms. The molecule has 0 saturated carbocycles. The van der Waals surface area contributed by atoms with E-state index in [9.17, 15) is 8.42 Å². The number of rotatable bonds is 3. The molecule has 1 fully saturated rings. The van der Waals surface area contributed by atoms with Crippen LogP contribution in [-0.4, -0.2) is 46.5 Å². The Morgan fingerprint density at radius 2 is 1.68 bits per heavy atom. The van der Waals surface area contributed by atoms with Gasteiger partial charge in [-0.3, -0.25) is 4.90 Å². The van der Waals surface area contributed by atoms with Gasteiger partial charge < -0.3 is 12.4 Å². The molecule has 0 atom stereocenters. The minimum Gasteiger partial charge on any atom is -1.00 e. The molecule has 0 spiro atoms. The lowest BCUT2D eigenvalue weighted by molar-refractivity contribution is -0.934. The van der Waals surface area contributed by atoms with Crippen LogP contribution in [0.4, 0.5) is 0 Å². The number of fused-ring (bicyclic) bond motifs is 1. The van der Waals surface area contributed by atoms with Gasteiger partial charge in [0, 0.05) is 13.1 Å². The van der Waals surface area contributed by atoms with Crippen molar-refractivity contribution in [2.75, 3.05) is 33.2 Å². The molecule has 1 aliphatic heterocycles. The normalized spacial score (nSPS) is 17.3. The quantitative estimate of drug-likeness (QED) is 0.621. The molecule has 120 valence electrons. The Hall–Kier alpha value is -1.18. The van der Waals surface area contributed by atoms with Gasteiger partial charge in [0.1, 0.15) is 13.1 Å². The molecule has 0 radical (unpaired) electrons.